The van der Waals surface area contributed by atoms with Crippen molar-refractivity contribution in [2.75, 3.05) is 20.0 Å². The van der Waals surface area contributed by atoms with Gasteiger partial charge in [0.15, 0.2) is 17.3 Å². The highest BCUT2D eigenvalue weighted by Gasteiger charge is 2.34. The Kier molecular flexibility index (Phi) is 4.59. The number of rotatable bonds is 5. The predicted octanol–water partition coefficient (Wildman–Crippen LogP) is 2.68. The Morgan fingerprint density at radius 2 is 2.17 bits per heavy atom. The molecule has 1 saturated heterocycles. The summed E-state index contributed by atoms with van der Waals surface area (Å²) >= 11 is 0. The van der Waals surface area contributed by atoms with Gasteiger partial charge in [-0.1, -0.05) is 12.6 Å². The summed E-state index contributed by atoms with van der Waals surface area (Å²) < 4.78 is 26.8. The van der Waals surface area contributed by atoms with Crippen molar-refractivity contribution in [2.24, 2.45) is 0 Å². The number of hydrogen-bond acceptors (Lipinski definition) is 6. The van der Waals surface area contributed by atoms with Crippen molar-refractivity contribution in [1.29, 1.82) is 0 Å². The van der Waals surface area contributed by atoms with Crippen LogP contribution in [0, 0.1) is 0 Å². The van der Waals surface area contributed by atoms with Crippen molar-refractivity contribution in [1.82, 2.24) is 0 Å². The lowest BCUT2D eigenvalue weighted by atomic mass is 10.2. The smallest absolute Gasteiger partial charge is 0.331 e. The zero-order chi connectivity index (χ0) is 17.2. The van der Waals surface area contributed by atoms with Gasteiger partial charge in [0.2, 0.25) is 6.79 Å². The summed E-state index contributed by atoms with van der Waals surface area (Å²) in [5, 5.41) is 0. The molecule has 0 saturated carbocycles. The first kappa shape index (κ1) is 16.5. The molecule has 1 aromatic carbocycles. The number of fused-ring (bicyclic) bond motifs is 1. The van der Waals surface area contributed by atoms with Crippen molar-refractivity contribution in [3.05, 3.63) is 42.0 Å². The van der Waals surface area contributed by atoms with E-state index in [1.807, 2.05) is 19.9 Å². The second kappa shape index (κ2) is 6.67. The van der Waals surface area contributed by atoms with Crippen LogP contribution in [0.4, 0.5) is 0 Å². The molecule has 0 bridgehead atoms. The summed E-state index contributed by atoms with van der Waals surface area (Å²) in [6.45, 7) is 8.29. The van der Waals surface area contributed by atoms with Crippen molar-refractivity contribution >= 4 is 12.0 Å². The fourth-order valence-electron chi connectivity index (χ4n) is 2.37. The minimum Gasteiger partial charge on any atom is -0.458 e. The lowest BCUT2D eigenvalue weighted by Crippen LogP contribution is -2.23. The van der Waals surface area contributed by atoms with Crippen LogP contribution in [0.25, 0.3) is 6.08 Å². The van der Waals surface area contributed by atoms with E-state index in [9.17, 15) is 4.79 Å². The molecule has 2 heterocycles. The van der Waals surface area contributed by atoms with Gasteiger partial charge in [-0.2, -0.15) is 0 Å². The molecule has 6 heteroatoms. The number of carbonyl (C=O) groups excluding carboxylic acids is 1. The molecule has 3 rings (SSSR count). The van der Waals surface area contributed by atoms with Gasteiger partial charge in [0.25, 0.3) is 0 Å². The van der Waals surface area contributed by atoms with Crippen LogP contribution < -0.4 is 9.47 Å². The van der Waals surface area contributed by atoms with Crippen molar-refractivity contribution < 1.29 is 28.5 Å². The molecule has 2 aliphatic rings. The van der Waals surface area contributed by atoms with Gasteiger partial charge >= 0.3 is 5.97 Å². The molecule has 1 atom stereocenters. The maximum absolute atomic E-state index is 11.8. The van der Waals surface area contributed by atoms with Gasteiger partial charge in [-0.05, 0) is 43.2 Å². The van der Waals surface area contributed by atoms with Gasteiger partial charge in [0, 0.05) is 6.08 Å². The standard InChI is InChI=1S/C18H20O6/c1-12(16-10-23-18(2,3)24-16)9-20-17(19)7-5-13-4-6-14-15(8-13)22-11-21-14/h4-8,16H,1,9-11H2,2-3H3/b7-5+/t16-/m1/s1. The molecule has 6 nitrogen and oxygen atoms in total. The average Bonchev–Trinajstić information content (AvgIpc) is 3.15. The van der Waals surface area contributed by atoms with Crippen molar-refractivity contribution in [3.8, 4) is 11.5 Å². The van der Waals surface area contributed by atoms with Crippen LogP contribution in [0.2, 0.25) is 0 Å². The lowest BCUT2D eigenvalue weighted by Gasteiger charge is -2.18. The number of carbonyl (C=O) groups is 1. The zero-order valence-corrected chi connectivity index (χ0v) is 13.7. The van der Waals surface area contributed by atoms with E-state index in [0.29, 0.717) is 23.7 Å². The first-order chi connectivity index (χ1) is 11.4. The van der Waals surface area contributed by atoms with Crippen LogP contribution in [-0.4, -0.2) is 37.9 Å². The van der Waals surface area contributed by atoms with E-state index in [0.717, 1.165) is 5.56 Å². The third-order valence-corrected chi connectivity index (χ3v) is 3.67. The monoisotopic (exact) mass is 332 g/mol. The lowest BCUT2D eigenvalue weighted by molar-refractivity contribution is -0.139. The van der Waals surface area contributed by atoms with E-state index in [-0.39, 0.29) is 19.5 Å². The van der Waals surface area contributed by atoms with Crippen LogP contribution in [-0.2, 0) is 19.0 Å². The fraction of sp³-hybridized carbons (Fsp3) is 0.389. The molecule has 0 unspecified atom stereocenters. The molecule has 24 heavy (non-hydrogen) atoms. The fourth-order valence-corrected chi connectivity index (χ4v) is 2.37. The van der Waals surface area contributed by atoms with Crippen molar-refractivity contribution in [2.45, 2.75) is 25.7 Å². The van der Waals surface area contributed by atoms with E-state index in [2.05, 4.69) is 6.58 Å². The molecular formula is C18H20O6. The Morgan fingerprint density at radius 1 is 1.38 bits per heavy atom. The number of hydrogen-bond donors (Lipinski definition) is 0. The quantitative estimate of drug-likeness (QED) is 0.469. The van der Waals surface area contributed by atoms with E-state index < -0.39 is 11.8 Å². The molecule has 0 radical (unpaired) electrons. The molecule has 0 N–H and O–H groups in total. The minimum absolute atomic E-state index is 0.0917. The maximum Gasteiger partial charge on any atom is 0.331 e. The molecule has 0 spiro atoms. The van der Waals surface area contributed by atoms with Crippen LogP contribution >= 0.6 is 0 Å². The second-order valence-corrected chi connectivity index (χ2v) is 6.03. The topological polar surface area (TPSA) is 63.2 Å². The predicted molar refractivity (Wildman–Crippen MR) is 86.6 cm³/mol. The van der Waals surface area contributed by atoms with Crippen molar-refractivity contribution in [3.63, 3.8) is 0 Å². The van der Waals surface area contributed by atoms with Gasteiger partial charge in [0.1, 0.15) is 12.7 Å². The van der Waals surface area contributed by atoms with Gasteiger partial charge in [-0.15, -0.1) is 0 Å². The largest absolute Gasteiger partial charge is 0.458 e. The third kappa shape index (κ3) is 3.96. The van der Waals surface area contributed by atoms with E-state index in [1.165, 1.54) is 6.08 Å². The van der Waals surface area contributed by atoms with Crippen LogP contribution in [0.1, 0.15) is 19.4 Å². The molecular weight excluding hydrogens is 312 g/mol. The molecule has 0 aromatic heterocycles. The Bertz CT molecular complexity index is 676. The summed E-state index contributed by atoms with van der Waals surface area (Å²) in [6.07, 6.45) is 2.76. The zero-order valence-electron chi connectivity index (χ0n) is 13.7. The summed E-state index contributed by atoms with van der Waals surface area (Å²) in [5.74, 6) is 0.288. The molecule has 1 fully saturated rings. The molecule has 1 aromatic rings. The summed E-state index contributed by atoms with van der Waals surface area (Å²) in [6, 6.07) is 5.44. The highest BCUT2D eigenvalue weighted by Crippen LogP contribution is 2.32. The summed E-state index contributed by atoms with van der Waals surface area (Å²) in [5.41, 5.74) is 1.50. The third-order valence-electron chi connectivity index (χ3n) is 3.67. The maximum atomic E-state index is 11.8. The highest BCUT2D eigenvalue weighted by atomic mass is 16.7. The number of esters is 1. The van der Waals surface area contributed by atoms with Crippen LogP contribution in [0.5, 0.6) is 11.5 Å². The Balaban J connectivity index is 1.48. The Labute approximate surface area is 140 Å². The van der Waals surface area contributed by atoms with Gasteiger partial charge in [-0.3, -0.25) is 0 Å². The summed E-state index contributed by atoms with van der Waals surface area (Å²) in [7, 11) is 0. The molecule has 128 valence electrons. The van der Waals surface area contributed by atoms with Gasteiger partial charge in [-0.25, -0.2) is 4.79 Å². The Hall–Kier alpha value is -2.31. The first-order valence-corrected chi connectivity index (χ1v) is 7.67. The van der Waals surface area contributed by atoms with Gasteiger partial charge < -0.3 is 23.7 Å². The first-order valence-electron chi connectivity index (χ1n) is 7.67. The van der Waals surface area contributed by atoms with Crippen LogP contribution in [0.3, 0.4) is 0 Å². The molecule has 0 amide bonds. The van der Waals surface area contributed by atoms with Crippen LogP contribution in [0.15, 0.2) is 36.4 Å². The average molecular weight is 332 g/mol. The SMILES string of the molecule is C=C(COC(=O)/C=C/c1ccc2c(c1)OCO2)[C@H]1COC(C)(C)O1. The highest BCUT2D eigenvalue weighted by molar-refractivity contribution is 5.87. The van der Waals surface area contributed by atoms with E-state index >= 15 is 0 Å². The van der Waals surface area contributed by atoms with E-state index in [1.54, 1.807) is 18.2 Å². The summed E-state index contributed by atoms with van der Waals surface area (Å²) in [4.78, 5) is 11.8. The molecule has 2 aliphatic heterocycles. The second-order valence-electron chi connectivity index (χ2n) is 6.03. The normalized spacial score (nSPS) is 21.2. The van der Waals surface area contributed by atoms with E-state index in [4.69, 9.17) is 23.7 Å². The Morgan fingerprint density at radius 3 is 2.92 bits per heavy atom. The number of ether oxygens (including phenoxy) is 5. The minimum atomic E-state index is -0.628. The van der Waals surface area contributed by atoms with Gasteiger partial charge in [0.05, 0.1) is 6.61 Å². The number of benzene rings is 1. The molecule has 0 aliphatic carbocycles.